The predicted octanol–water partition coefficient (Wildman–Crippen LogP) is 4.04. The normalized spacial score (nSPS) is 10.7. The van der Waals surface area contributed by atoms with Gasteiger partial charge < -0.3 is 14.8 Å². The van der Waals surface area contributed by atoms with Gasteiger partial charge in [0.05, 0.1) is 20.8 Å². The van der Waals surface area contributed by atoms with E-state index in [2.05, 4.69) is 5.32 Å². The van der Waals surface area contributed by atoms with Crippen molar-refractivity contribution >= 4 is 23.2 Å². The molecule has 0 aliphatic rings. The predicted molar refractivity (Wildman–Crippen MR) is 105 cm³/mol. The second-order valence-electron chi connectivity index (χ2n) is 6.27. The van der Waals surface area contributed by atoms with E-state index in [-0.39, 0.29) is 12.5 Å². The summed E-state index contributed by atoms with van der Waals surface area (Å²) in [5.41, 5.74) is 3.76. The highest BCUT2D eigenvalue weighted by molar-refractivity contribution is 6.31. The van der Waals surface area contributed by atoms with E-state index in [1.165, 1.54) is 0 Å². The van der Waals surface area contributed by atoms with E-state index in [1.807, 2.05) is 50.1 Å². The third-order valence-corrected chi connectivity index (χ3v) is 4.65. The molecule has 2 rings (SSSR count). The quantitative estimate of drug-likeness (QED) is 0.792. The van der Waals surface area contributed by atoms with E-state index >= 15 is 0 Å². The molecule has 0 saturated heterocycles. The standard InChI is InChI=1S/C20H25ClN2O3/c1-13-9-18(25-4)19(26-5)10-15(13)11-23(3)12-20(24)22-17-8-6-7-16(21)14(17)2/h6-10H,11-12H2,1-5H3,(H,22,24). The van der Waals surface area contributed by atoms with Crippen LogP contribution in [0.2, 0.25) is 5.02 Å². The third-order valence-electron chi connectivity index (χ3n) is 4.24. The zero-order chi connectivity index (χ0) is 19.3. The fourth-order valence-electron chi connectivity index (χ4n) is 2.72. The number of likely N-dealkylation sites (N-methyl/N-ethyl adjacent to an activating group) is 1. The number of aryl methyl sites for hydroxylation is 1. The molecule has 0 unspecified atom stereocenters. The Morgan fingerprint density at radius 3 is 2.46 bits per heavy atom. The van der Waals surface area contributed by atoms with Crippen molar-refractivity contribution in [1.82, 2.24) is 4.90 Å². The minimum Gasteiger partial charge on any atom is -0.493 e. The van der Waals surface area contributed by atoms with Crippen molar-refractivity contribution in [3.05, 3.63) is 52.0 Å². The van der Waals surface area contributed by atoms with Gasteiger partial charge in [-0.1, -0.05) is 17.7 Å². The van der Waals surface area contributed by atoms with Crippen LogP contribution < -0.4 is 14.8 Å². The van der Waals surface area contributed by atoms with Crippen LogP contribution in [0, 0.1) is 13.8 Å². The number of benzene rings is 2. The van der Waals surface area contributed by atoms with Crippen LogP contribution in [0.4, 0.5) is 5.69 Å². The molecule has 0 aliphatic carbocycles. The molecule has 0 saturated carbocycles. The highest BCUT2D eigenvalue weighted by atomic mass is 35.5. The maximum Gasteiger partial charge on any atom is 0.238 e. The average Bonchev–Trinajstić information content (AvgIpc) is 2.60. The molecule has 1 amide bonds. The molecule has 6 heteroatoms. The summed E-state index contributed by atoms with van der Waals surface area (Å²) < 4.78 is 10.7. The number of nitrogens with one attached hydrogen (secondary N) is 1. The molecule has 0 atom stereocenters. The first kappa shape index (κ1) is 20.1. The average molecular weight is 377 g/mol. The van der Waals surface area contributed by atoms with Crippen LogP contribution in [0.15, 0.2) is 30.3 Å². The minimum atomic E-state index is -0.0870. The molecule has 26 heavy (non-hydrogen) atoms. The van der Waals surface area contributed by atoms with Gasteiger partial charge in [0.15, 0.2) is 11.5 Å². The molecule has 2 aromatic rings. The Kier molecular flexibility index (Phi) is 6.89. The van der Waals surface area contributed by atoms with Crippen LogP contribution in [-0.4, -0.2) is 38.6 Å². The molecule has 1 N–H and O–H groups in total. The van der Waals surface area contributed by atoms with Crippen molar-refractivity contribution < 1.29 is 14.3 Å². The maximum absolute atomic E-state index is 12.3. The van der Waals surface area contributed by atoms with E-state index in [0.29, 0.717) is 23.1 Å². The molecule has 0 spiro atoms. The van der Waals surface area contributed by atoms with E-state index in [0.717, 1.165) is 22.4 Å². The van der Waals surface area contributed by atoms with Crippen LogP contribution in [0.5, 0.6) is 11.5 Å². The number of carbonyl (C=O) groups is 1. The van der Waals surface area contributed by atoms with Gasteiger partial charge in [-0.25, -0.2) is 0 Å². The number of hydrogen-bond acceptors (Lipinski definition) is 4. The maximum atomic E-state index is 12.3. The van der Waals surface area contributed by atoms with Gasteiger partial charge in [-0.3, -0.25) is 9.69 Å². The summed E-state index contributed by atoms with van der Waals surface area (Å²) in [7, 11) is 5.13. The van der Waals surface area contributed by atoms with Crippen LogP contribution in [0.3, 0.4) is 0 Å². The smallest absolute Gasteiger partial charge is 0.238 e. The topological polar surface area (TPSA) is 50.8 Å². The monoisotopic (exact) mass is 376 g/mol. The van der Waals surface area contributed by atoms with Gasteiger partial charge in [0.25, 0.3) is 0 Å². The number of halogens is 1. The zero-order valence-electron chi connectivity index (χ0n) is 15.9. The summed E-state index contributed by atoms with van der Waals surface area (Å²) in [6.07, 6.45) is 0. The Morgan fingerprint density at radius 1 is 1.15 bits per heavy atom. The second kappa shape index (κ2) is 8.92. The lowest BCUT2D eigenvalue weighted by molar-refractivity contribution is -0.117. The summed E-state index contributed by atoms with van der Waals surface area (Å²) in [5.74, 6) is 1.29. The van der Waals surface area contributed by atoms with Crippen molar-refractivity contribution in [1.29, 1.82) is 0 Å². The molecule has 0 heterocycles. The Balaban J connectivity index is 2.03. The summed E-state index contributed by atoms with van der Waals surface area (Å²) in [6, 6.07) is 9.36. The van der Waals surface area contributed by atoms with Crippen molar-refractivity contribution in [2.24, 2.45) is 0 Å². The summed E-state index contributed by atoms with van der Waals surface area (Å²) in [6.45, 7) is 4.78. The third kappa shape index (κ3) is 4.90. The van der Waals surface area contributed by atoms with Gasteiger partial charge in [-0.05, 0) is 61.9 Å². The summed E-state index contributed by atoms with van der Waals surface area (Å²) in [4.78, 5) is 14.3. The lowest BCUT2D eigenvalue weighted by Crippen LogP contribution is -2.30. The van der Waals surface area contributed by atoms with Gasteiger partial charge in [0.2, 0.25) is 5.91 Å². The number of rotatable bonds is 7. The fourth-order valence-corrected chi connectivity index (χ4v) is 2.89. The minimum absolute atomic E-state index is 0.0870. The number of anilines is 1. The van der Waals surface area contributed by atoms with E-state index in [4.69, 9.17) is 21.1 Å². The highest BCUT2D eigenvalue weighted by Gasteiger charge is 2.13. The van der Waals surface area contributed by atoms with Crippen molar-refractivity contribution in [3.63, 3.8) is 0 Å². The SMILES string of the molecule is COc1cc(C)c(CN(C)CC(=O)Nc2cccc(Cl)c2C)cc1OC. The Bertz CT molecular complexity index is 793. The van der Waals surface area contributed by atoms with Gasteiger partial charge >= 0.3 is 0 Å². The largest absolute Gasteiger partial charge is 0.493 e. The first-order valence-corrected chi connectivity index (χ1v) is 8.68. The van der Waals surface area contributed by atoms with Crippen LogP contribution in [0.25, 0.3) is 0 Å². The van der Waals surface area contributed by atoms with Crippen LogP contribution >= 0.6 is 11.6 Å². The molecule has 0 bridgehead atoms. The first-order valence-electron chi connectivity index (χ1n) is 8.30. The van der Waals surface area contributed by atoms with Crippen molar-refractivity contribution in [2.45, 2.75) is 20.4 Å². The summed E-state index contributed by atoms with van der Waals surface area (Å²) in [5, 5.41) is 3.55. The van der Waals surface area contributed by atoms with Crippen LogP contribution in [-0.2, 0) is 11.3 Å². The van der Waals surface area contributed by atoms with E-state index in [1.54, 1.807) is 20.3 Å². The Hall–Kier alpha value is -2.24. The molecule has 0 fully saturated rings. The number of methoxy groups -OCH3 is 2. The number of carbonyl (C=O) groups excluding carboxylic acids is 1. The van der Waals surface area contributed by atoms with E-state index < -0.39 is 0 Å². The number of ether oxygens (including phenoxy) is 2. The molecular formula is C20H25ClN2O3. The fraction of sp³-hybridized carbons (Fsp3) is 0.350. The lowest BCUT2D eigenvalue weighted by atomic mass is 10.1. The van der Waals surface area contributed by atoms with Crippen molar-refractivity contribution in [2.75, 3.05) is 33.1 Å². The lowest BCUT2D eigenvalue weighted by Gasteiger charge is -2.19. The number of amides is 1. The highest BCUT2D eigenvalue weighted by Crippen LogP contribution is 2.30. The molecule has 140 valence electrons. The number of hydrogen-bond donors (Lipinski definition) is 1. The van der Waals surface area contributed by atoms with Gasteiger partial charge in [-0.15, -0.1) is 0 Å². The van der Waals surface area contributed by atoms with Crippen molar-refractivity contribution in [3.8, 4) is 11.5 Å². The molecular weight excluding hydrogens is 352 g/mol. The molecule has 0 aromatic heterocycles. The first-order chi connectivity index (χ1) is 12.3. The Morgan fingerprint density at radius 2 is 1.81 bits per heavy atom. The van der Waals surface area contributed by atoms with Gasteiger partial charge in [-0.2, -0.15) is 0 Å². The van der Waals surface area contributed by atoms with Crippen LogP contribution in [0.1, 0.15) is 16.7 Å². The molecule has 0 aliphatic heterocycles. The van der Waals surface area contributed by atoms with Gasteiger partial charge in [0.1, 0.15) is 0 Å². The van der Waals surface area contributed by atoms with Gasteiger partial charge in [0, 0.05) is 17.3 Å². The number of nitrogens with zero attached hydrogens (tertiary/aromatic N) is 1. The second-order valence-corrected chi connectivity index (χ2v) is 6.67. The Labute approximate surface area is 159 Å². The summed E-state index contributed by atoms with van der Waals surface area (Å²) >= 11 is 6.10. The van der Waals surface area contributed by atoms with E-state index in [9.17, 15) is 4.79 Å². The zero-order valence-corrected chi connectivity index (χ0v) is 16.6. The molecule has 5 nitrogen and oxygen atoms in total. The molecule has 2 aromatic carbocycles. The molecule has 0 radical (unpaired) electrons.